The highest BCUT2D eigenvalue weighted by Gasteiger charge is 2.37. The first-order valence-corrected chi connectivity index (χ1v) is 18.1. The standard InChI is InChI=1S/C43H39IN2O3/c1-8-36-41(49-39-22-32-29-13-9-11-15-33(29)43(5,6)34(32)23-40(39)47-36)27(4)25(2)17-18-26(3)35(24-44)46-42(45-7)28-19-20-31-30-14-10-12-16-37(30)48-38(31)21-28/h8-23H,24H2,1-7H3/b25-17+,26-18+,36-8+,41-27-,45-42?,46-35?. The highest BCUT2D eigenvalue weighted by molar-refractivity contribution is 14.1. The van der Waals surface area contributed by atoms with Gasteiger partial charge in [-0.3, -0.25) is 4.99 Å². The lowest BCUT2D eigenvalue weighted by Gasteiger charge is -2.27. The molecule has 5 nitrogen and oxygen atoms in total. The topological polar surface area (TPSA) is 56.3 Å². The summed E-state index contributed by atoms with van der Waals surface area (Å²) in [5.41, 5.74) is 11.6. The number of ether oxygens (including phenoxy) is 2. The SMILES string of the molecule is C/C=C1/Oc2cc3c(cc2O/C1=C(C)\C(C)=C\C=C(/C)C(CI)=NC(=NC)c1ccc2c(c1)oc1ccccc12)-c1ccccc1C3(C)C. The number of halogens is 1. The van der Waals surface area contributed by atoms with Crippen LogP contribution in [0.4, 0.5) is 0 Å². The Balaban J connectivity index is 1.17. The Labute approximate surface area is 301 Å². The molecule has 0 saturated carbocycles. The third kappa shape index (κ3) is 5.76. The van der Waals surface area contributed by atoms with Crippen molar-refractivity contribution in [2.75, 3.05) is 11.5 Å². The fraction of sp³-hybridized carbons (Fsp3) is 0.209. The second-order valence-electron chi connectivity index (χ2n) is 13.1. The van der Waals surface area contributed by atoms with Crippen LogP contribution in [-0.4, -0.2) is 23.0 Å². The van der Waals surface area contributed by atoms with Gasteiger partial charge in [-0.25, -0.2) is 4.99 Å². The molecule has 246 valence electrons. The van der Waals surface area contributed by atoms with E-state index in [0.29, 0.717) is 11.6 Å². The van der Waals surface area contributed by atoms with E-state index in [4.69, 9.17) is 18.9 Å². The van der Waals surface area contributed by atoms with Gasteiger partial charge in [0.05, 0.1) is 5.71 Å². The summed E-state index contributed by atoms with van der Waals surface area (Å²) < 4.78 is 20.0. The van der Waals surface area contributed by atoms with Crippen LogP contribution in [0.25, 0.3) is 33.1 Å². The predicted octanol–water partition coefficient (Wildman–Crippen LogP) is 11.7. The zero-order valence-corrected chi connectivity index (χ0v) is 31.1. The maximum Gasteiger partial charge on any atom is 0.172 e. The van der Waals surface area contributed by atoms with E-state index in [1.54, 1.807) is 7.05 Å². The third-order valence-corrected chi connectivity index (χ3v) is 10.5. The molecule has 0 fully saturated rings. The van der Waals surface area contributed by atoms with Gasteiger partial charge in [-0.2, -0.15) is 0 Å². The highest BCUT2D eigenvalue weighted by Crippen LogP contribution is 2.53. The molecule has 0 atom stereocenters. The lowest BCUT2D eigenvalue weighted by Crippen LogP contribution is -2.17. The molecule has 6 heteroatoms. The van der Waals surface area contributed by atoms with Gasteiger partial charge in [-0.1, -0.05) is 97.1 Å². The molecular weight excluding hydrogens is 719 g/mol. The minimum absolute atomic E-state index is 0.109. The summed E-state index contributed by atoms with van der Waals surface area (Å²) in [6.07, 6.45) is 6.21. The van der Waals surface area contributed by atoms with Gasteiger partial charge in [0.2, 0.25) is 0 Å². The third-order valence-electron chi connectivity index (χ3n) is 9.75. The number of amidine groups is 1. The van der Waals surface area contributed by atoms with Crippen molar-refractivity contribution in [3.8, 4) is 22.6 Å². The van der Waals surface area contributed by atoms with E-state index in [-0.39, 0.29) is 5.41 Å². The van der Waals surface area contributed by atoms with Gasteiger partial charge in [0.15, 0.2) is 28.9 Å². The number of furan rings is 1. The van der Waals surface area contributed by atoms with E-state index in [1.807, 2.05) is 37.3 Å². The van der Waals surface area contributed by atoms with Crippen LogP contribution in [0.3, 0.4) is 0 Å². The average Bonchev–Trinajstić information content (AvgIpc) is 3.60. The molecule has 0 amide bonds. The minimum Gasteiger partial charge on any atom is -0.456 e. The van der Waals surface area contributed by atoms with Crippen molar-refractivity contribution in [2.45, 2.75) is 47.0 Å². The van der Waals surface area contributed by atoms with Crippen LogP contribution in [0.1, 0.15) is 58.2 Å². The largest absolute Gasteiger partial charge is 0.456 e. The van der Waals surface area contributed by atoms with Crippen LogP contribution < -0.4 is 9.47 Å². The summed E-state index contributed by atoms with van der Waals surface area (Å²) in [4.78, 5) is 9.57. The van der Waals surface area contributed by atoms with Crippen molar-refractivity contribution < 1.29 is 13.9 Å². The number of hydrogen-bond acceptors (Lipinski definition) is 4. The molecule has 0 N–H and O–H groups in total. The van der Waals surface area contributed by atoms with Crippen molar-refractivity contribution >= 4 is 56.1 Å². The average molecular weight is 759 g/mol. The van der Waals surface area contributed by atoms with Gasteiger partial charge in [0.1, 0.15) is 11.2 Å². The fourth-order valence-corrected chi connectivity index (χ4v) is 7.53. The number of hydrogen-bond donors (Lipinski definition) is 0. The zero-order chi connectivity index (χ0) is 34.4. The Kier molecular flexibility index (Phi) is 8.69. The number of benzene rings is 4. The Morgan fingerprint density at radius 2 is 1.49 bits per heavy atom. The molecule has 0 unspecified atom stereocenters. The van der Waals surface area contributed by atoms with Crippen molar-refractivity contribution in [1.82, 2.24) is 0 Å². The molecule has 2 heterocycles. The van der Waals surface area contributed by atoms with Gasteiger partial charge in [-0.15, -0.1) is 0 Å². The highest BCUT2D eigenvalue weighted by atomic mass is 127. The van der Waals surface area contributed by atoms with Crippen LogP contribution in [-0.2, 0) is 5.41 Å². The van der Waals surface area contributed by atoms with Gasteiger partial charge in [0, 0.05) is 33.2 Å². The molecule has 4 aromatic carbocycles. The van der Waals surface area contributed by atoms with Crippen LogP contribution in [0.5, 0.6) is 11.5 Å². The Bertz CT molecular complexity index is 2350. The molecule has 0 bridgehead atoms. The van der Waals surface area contributed by atoms with Crippen molar-refractivity contribution in [3.63, 3.8) is 0 Å². The summed E-state index contributed by atoms with van der Waals surface area (Å²) in [6, 6.07) is 27.2. The molecule has 2 aliphatic rings. The molecular formula is C43H39IN2O3. The molecule has 7 rings (SSSR count). The molecule has 1 aromatic heterocycles. The maximum absolute atomic E-state index is 6.64. The number of alkyl halides is 1. The van der Waals surface area contributed by atoms with Crippen molar-refractivity contribution in [2.24, 2.45) is 9.98 Å². The molecule has 49 heavy (non-hydrogen) atoms. The minimum atomic E-state index is -0.109. The van der Waals surface area contributed by atoms with E-state index in [1.165, 1.54) is 22.3 Å². The molecule has 0 radical (unpaired) electrons. The molecule has 1 aliphatic carbocycles. The zero-order valence-electron chi connectivity index (χ0n) is 28.9. The first-order valence-electron chi connectivity index (χ1n) is 16.5. The molecule has 1 aliphatic heterocycles. The van der Waals surface area contributed by atoms with Crippen LogP contribution in [0.15, 0.2) is 140 Å². The lowest BCUT2D eigenvalue weighted by atomic mass is 9.82. The Morgan fingerprint density at radius 3 is 2.27 bits per heavy atom. The second kappa shape index (κ2) is 13.0. The number of allylic oxidation sites excluding steroid dienone is 6. The number of aliphatic imine (C=N–C) groups is 2. The number of fused-ring (bicyclic) bond motifs is 7. The van der Waals surface area contributed by atoms with E-state index >= 15 is 0 Å². The van der Waals surface area contributed by atoms with E-state index in [0.717, 1.165) is 71.6 Å². The van der Waals surface area contributed by atoms with Crippen LogP contribution in [0.2, 0.25) is 0 Å². The summed E-state index contributed by atoms with van der Waals surface area (Å²) in [7, 11) is 1.78. The van der Waals surface area contributed by atoms with E-state index < -0.39 is 0 Å². The van der Waals surface area contributed by atoms with Crippen LogP contribution >= 0.6 is 22.6 Å². The maximum atomic E-state index is 6.64. The first kappa shape index (κ1) is 32.8. The first-order chi connectivity index (χ1) is 23.6. The number of para-hydroxylation sites is 1. The van der Waals surface area contributed by atoms with E-state index in [2.05, 4.69) is 129 Å². The monoisotopic (exact) mass is 758 g/mol. The molecule has 5 aromatic rings. The normalized spacial score (nSPS) is 17.9. The van der Waals surface area contributed by atoms with E-state index in [9.17, 15) is 0 Å². The van der Waals surface area contributed by atoms with Crippen molar-refractivity contribution in [1.29, 1.82) is 0 Å². The van der Waals surface area contributed by atoms with Gasteiger partial charge in [0.25, 0.3) is 0 Å². The van der Waals surface area contributed by atoms with Gasteiger partial charge >= 0.3 is 0 Å². The van der Waals surface area contributed by atoms with Crippen molar-refractivity contribution in [3.05, 3.63) is 142 Å². The van der Waals surface area contributed by atoms with Gasteiger partial charge in [-0.05, 0) is 103 Å². The van der Waals surface area contributed by atoms with Crippen LogP contribution in [0, 0.1) is 0 Å². The number of nitrogens with zero attached hydrogens (tertiary/aromatic N) is 2. The summed E-state index contributed by atoms with van der Waals surface area (Å²) in [5, 5.41) is 2.19. The summed E-state index contributed by atoms with van der Waals surface area (Å²) >= 11 is 2.37. The summed E-state index contributed by atoms with van der Waals surface area (Å²) in [6.45, 7) is 12.8. The predicted molar refractivity (Wildman–Crippen MR) is 212 cm³/mol. The molecule has 0 spiro atoms. The molecule has 0 saturated heterocycles. The summed E-state index contributed by atoms with van der Waals surface area (Å²) in [5.74, 6) is 3.59. The Hall–Kier alpha value is -4.69. The number of rotatable bonds is 5. The fourth-order valence-electron chi connectivity index (χ4n) is 6.75. The van der Waals surface area contributed by atoms with Gasteiger partial charge < -0.3 is 13.9 Å². The quantitative estimate of drug-likeness (QED) is 0.0590. The second-order valence-corrected chi connectivity index (χ2v) is 13.8. The smallest absolute Gasteiger partial charge is 0.172 e. The Morgan fingerprint density at radius 1 is 0.776 bits per heavy atom. The lowest BCUT2D eigenvalue weighted by molar-refractivity contribution is 0.290.